The second-order valence-electron chi connectivity index (χ2n) is 7.95. The smallest absolute Gasteiger partial charge is 0.333 e. The number of fused-ring (bicyclic) bond motifs is 1. The van der Waals surface area contributed by atoms with Gasteiger partial charge in [-0.2, -0.15) is 31.1 Å². The molecule has 0 saturated carbocycles. The quantitative estimate of drug-likeness (QED) is 0.387. The summed E-state index contributed by atoms with van der Waals surface area (Å²) < 4.78 is 81.7. The van der Waals surface area contributed by atoms with Crippen LogP contribution in [0.4, 0.5) is 32.3 Å². The van der Waals surface area contributed by atoms with Crippen LogP contribution in [0.25, 0.3) is 11.0 Å². The van der Waals surface area contributed by atoms with Crippen LogP contribution >= 0.6 is 0 Å². The number of aryl methyl sites for hydroxylation is 3. The van der Waals surface area contributed by atoms with Gasteiger partial charge in [0.25, 0.3) is 5.95 Å². The molecule has 0 fully saturated rings. The van der Waals surface area contributed by atoms with Gasteiger partial charge >= 0.3 is 12.4 Å². The molecule has 1 aromatic carbocycles. The van der Waals surface area contributed by atoms with E-state index in [1.165, 1.54) is 11.9 Å². The highest BCUT2D eigenvalue weighted by molar-refractivity contribution is 5.78. The predicted octanol–water partition coefficient (Wildman–Crippen LogP) is 4.65. The molecule has 0 N–H and O–H groups in total. The average molecular weight is 483 g/mol. The molecule has 180 valence electrons. The fourth-order valence-corrected chi connectivity index (χ4v) is 3.63. The number of hydrogen-bond acceptors (Lipinski definition) is 5. The van der Waals surface area contributed by atoms with Crippen molar-refractivity contribution in [1.29, 1.82) is 0 Å². The third-order valence-electron chi connectivity index (χ3n) is 5.34. The summed E-state index contributed by atoms with van der Waals surface area (Å²) in [6.07, 6.45) is -8.28. The normalized spacial score (nSPS) is 12.5. The first kappa shape index (κ1) is 23.5. The number of benzene rings is 1. The summed E-state index contributed by atoms with van der Waals surface area (Å²) in [7, 11) is 3.37. The number of anilines is 1. The summed E-state index contributed by atoms with van der Waals surface area (Å²) >= 11 is 0. The molecule has 0 unspecified atom stereocenters. The number of halogens is 6. The van der Waals surface area contributed by atoms with Crippen molar-refractivity contribution in [3.8, 4) is 0 Å². The van der Waals surface area contributed by atoms with Crippen LogP contribution in [0.15, 0.2) is 36.5 Å². The molecule has 3 aromatic heterocycles. The van der Waals surface area contributed by atoms with E-state index < -0.39 is 23.5 Å². The first-order chi connectivity index (χ1) is 15.8. The Hall–Kier alpha value is -3.64. The van der Waals surface area contributed by atoms with Gasteiger partial charge in [0, 0.05) is 37.4 Å². The van der Waals surface area contributed by atoms with Crippen LogP contribution in [-0.2, 0) is 39.5 Å². The maximum absolute atomic E-state index is 13.3. The van der Waals surface area contributed by atoms with Crippen molar-refractivity contribution in [2.75, 3.05) is 4.90 Å². The molecule has 0 amide bonds. The zero-order chi connectivity index (χ0) is 24.8. The summed E-state index contributed by atoms with van der Waals surface area (Å²) in [5.41, 5.74) is -0.555. The monoisotopic (exact) mass is 483 g/mol. The van der Waals surface area contributed by atoms with E-state index in [1.54, 1.807) is 6.20 Å². The van der Waals surface area contributed by atoms with Crippen molar-refractivity contribution in [2.24, 2.45) is 14.1 Å². The van der Waals surface area contributed by atoms with Gasteiger partial charge < -0.3 is 9.47 Å². The molecular formula is C21H19F6N7. The number of aromatic nitrogens is 6. The highest BCUT2D eigenvalue weighted by Gasteiger charge is 2.37. The molecule has 4 rings (SSSR count). The van der Waals surface area contributed by atoms with Gasteiger partial charge in [-0.3, -0.25) is 0 Å². The summed E-state index contributed by atoms with van der Waals surface area (Å²) in [5.74, 6) is 0.0535. The largest absolute Gasteiger partial charge is 0.416 e. The van der Waals surface area contributed by atoms with Crippen molar-refractivity contribution >= 4 is 17.0 Å². The molecule has 3 heterocycles. The third-order valence-corrected chi connectivity index (χ3v) is 5.34. The average Bonchev–Trinajstić information content (AvgIpc) is 3.29. The van der Waals surface area contributed by atoms with E-state index in [4.69, 9.17) is 0 Å². The molecule has 34 heavy (non-hydrogen) atoms. The molecule has 0 aliphatic heterocycles. The van der Waals surface area contributed by atoms with Crippen molar-refractivity contribution in [1.82, 2.24) is 29.8 Å². The summed E-state index contributed by atoms with van der Waals surface area (Å²) in [5, 5.41) is 12.6. The van der Waals surface area contributed by atoms with E-state index in [9.17, 15) is 26.3 Å². The van der Waals surface area contributed by atoms with Crippen LogP contribution in [0.5, 0.6) is 0 Å². The first-order valence-electron chi connectivity index (χ1n) is 9.99. The Bertz CT molecular complexity index is 1300. The Balaban J connectivity index is 1.73. The molecule has 0 bridgehead atoms. The minimum Gasteiger partial charge on any atom is -0.333 e. The number of rotatable bonds is 5. The molecule has 0 saturated heterocycles. The van der Waals surface area contributed by atoms with Gasteiger partial charge in [-0.25, -0.2) is 4.98 Å². The molecular weight excluding hydrogens is 464 g/mol. The van der Waals surface area contributed by atoms with Crippen LogP contribution in [0.3, 0.4) is 0 Å². The minimum absolute atomic E-state index is 0.0535. The molecule has 4 aromatic rings. The van der Waals surface area contributed by atoms with Gasteiger partial charge in [0.2, 0.25) is 0 Å². The van der Waals surface area contributed by atoms with Crippen molar-refractivity contribution in [3.63, 3.8) is 0 Å². The predicted molar refractivity (Wildman–Crippen MR) is 111 cm³/mol. The Morgan fingerprint density at radius 2 is 1.47 bits per heavy atom. The van der Waals surface area contributed by atoms with Crippen LogP contribution in [0.2, 0.25) is 0 Å². The number of nitrogens with zero attached hydrogens (tertiary/aromatic N) is 7. The lowest BCUT2D eigenvalue weighted by molar-refractivity contribution is -0.143. The topological polar surface area (TPSA) is 64.7 Å². The molecule has 7 nitrogen and oxygen atoms in total. The van der Waals surface area contributed by atoms with Gasteiger partial charge in [0.15, 0.2) is 0 Å². The first-order valence-corrected chi connectivity index (χ1v) is 9.99. The molecule has 0 radical (unpaired) electrons. The highest BCUT2D eigenvalue weighted by atomic mass is 19.4. The van der Waals surface area contributed by atoms with E-state index in [0.29, 0.717) is 17.7 Å². The van der Waals surface area contributed by atoms with E-state index in [2.05, 4.69) is 20.4 Å². The van der Waals surface area contributed by atoms with E-state index in [-0.39, 0.29) is 30.7 Å². The summed E-state index contributed by atoms with van der Waals surface area (Å²) in [6.45, 7) is 1.69. The van der Waals surface area contributed by atoms with Crippen LogP contribution in [0.1, 0.15) is 27.9 Å². The van der Waals surface area contributed by atoms with E-state index >= 15 is 0 Å². The summed E-state index contributed by atoms with van der Waals surface area (Å²) in [4.78, 5) is 7.03. The van der Waals surface area contributed by atoms with Crippen molar-refractivity contribution < 1.29 is 26.3 Å². The lowest BCUT2D eigenvalue weighted by Crippen LogP contribution is -2.24. The van der Waals surface area contributed by atoms with Gasteiger partial charge in [-0.15, -0.1) is 5.10 Å². The Morgan fingerprint density at radius 1 is 0.853 bits per heavy atom. The summed E-state index contributed by atoms with van der Waals surface area (Å²) in [6, 6.07) is 5.27. The van der Waals surface area contributed by atoms with Crippen molar-refractivity contribution in [2.45, 2.75) is 32.4 Å². The van der Waals surface area contributed by atoms with Gasteiger partial charge in [-0.1, -0.05) is 5.10 Å². The lowest BCUT2D eigenvalue weighted by atomic mass is 10.0. The Morgan fingerprint density at radius 3 is 2.03 bits per heavy atom. The third kappa shape index (κ3) is 4.82. The maximum Gasteiger partial charge on any atom is 0.416 e. The molecule has 0 aliphatic rings. The second-order valence-corrected chi connectivity index (χ2v) is 7.95. The van der Waals surface area contributed by atoms with E-state index in [0.717, 1.165) is 21.5 Å². The zero-order valence-corrected chi connectivity index (χ0v) is 18.3. The number of tetrazole rings is 1. The molecule has 0 spiro atoms. The Kier molecular flexibility index (Phi) is 5.74. The van der Waals surface area contributed by atoms with Gasteiger partial charge in [0.1, 0.15) is 5.65 Å². The fourth-order valence-electron chi connectivity index (χ4n) is 3.63. The van der Waals surface area contributed by atoms with Gasteiger partial charge in [0.05, 0.1) is 18.2 Å². The van der Waals surface area contributed by atoms with Crippen LogP contribution in [0, 0.1) is 6.92 Å². The molecule has 13 heteroatoms. The zero-order valence-electron chi connectivity index (χ0n) is 18.3. The standard InChI is InChI=1S/C21H19F6N7/c1-12-4-15-5-14(9-28-18(15)32(12)2)11-34(19-29-31-33(3)30-19)10-13-6-16(20(22,23)24)8-17(7-13)21(25,26)27/h4-9H,10-11H2,1-3H3. The van der Waals surface area contributed by atoms with Gasteiger partial charge in [-0.05, 0) is 53.6 Å². The van der Waals surface area contributed by atoms with E-state index in [1.807, 2.05) is 30.7 Å². The fraction of sp³-hybridized carbons (Fsp3) is 0.333. The number of alkyl halides is 6. The second kappa shape index (κ2) is 8.29. The maximum atomic E-state index is 13.3. The Labute approximate surface area is 189 Å². The minimum atomic E-state index is -4.94. The lowest BCUT2D eigenvalue weighted by Gasteiger charge is -2.22. The highest BCUT2D eigenvalue weighted by Crippen LogP contribution is 2.36. The molecule has 0 atom stereocenters. The van der Waals surface area contributed by atoms with Crippen molar-refractivity contribution in [3.05, 3.63) is 64.5 Å². The molecule has 0 aliphatic carbocycles. The number of pyridine rings is 1. The van der Waals surface area contributed by atoms with Crippen LogP contribution < -0.4 is 4.90 Å². The number of hydrogen-bond donors (Lipinski definition) is 0. The SMILES string of the molecule is Cc1cc2cc(CN(Cc3cc(C(F)(F)F)cc(C(F)(F)F)c3)c3nnn(C)n3)cnc2n1C. The van der Waals surface area contributed by atoms with Crippen LogP contribution in [-0.4, -0.2) is 29.8 Å².